The molecule has 0 fully saturated rings. The summed E-state index contributed by atoms with van der Waals surface area (Å²) in [6.45, 7) is 0. The molecule has 0 heterocycles. The highest BCUT2D eigenvalue weighted by Gasteiger charge is 2.01. The van der Waals surface area contributed by atoms with E-state index in [1.54, 1.807) is 0 Å². The quantitative estimate of drug-likeness (QED) is 0.355. The van der Waals surface area contributed by atoms with Crippen LogP contribution in [-0.4, -0.2) is 21.1 Å². The molecule has 0 aromatic heterocycles. The van der Waals surface area contributed by atoms with Gasteiger partial charge in [-0.05, 0) is 0 Å². The molecule has 0 aliphatic rings. The van der Waals surface area contributed by atoms with E-state index in [0.717, 1.165) is 7.11 Å². The minimum Gasteiger partial charge on any atom is -0.283 e. The van der Waals surface area contributed by atoms with E-state index in [0.29, 0.717) is 0 Å². The van der Waals surface area contributed by atoms with Crippen LogP contribution in [0.3, 0.4) is 0 Å². The average molecular weight is 124 g/mol. The maximum absolute atomic E-state index is 9.78. The molecule has 0 spiro atoms. The molecule has 0 aliphatic heterocycles. The first kappa shape index (κ1) is 6.58. The fourth-order valence-corrected chi connectivity index (χ4v) is 0.118. The Balaban J connectivity index is 4.17. The topological polar surface area (TPSA) is 60.4 Å². The van der Waals surface area contributed by atoms with Crippen molar-refractivity contribution < 1.29 is 17.4 Å². The second-order valence-electron chi connectivity index (χ2n) is 0.756. The fourth-order valence-electron chi connectivity index (χ4n) is 0.0393. The Morgan fingerprint density at radius 1 is 1.57 bits per heavy atom. The van der Waals surface area contributed by atoms with Gasteiger partial charge in [0.1, 0.15) is 0 Å². The van der Waals surface area contributed by atoms with Crippen molar-refractivity contribution in [3.8, 4) is 0 Å². The van der Waals surface area contributed by atoms with Gasteiger partial charge in [-0.25, -0.2) is 0 Å². The van der Waals surface area contributed by atoms with E-state index in [-0.39, 0.29) is 5.62 Å². The van der Waals surface area contributed by atoms with Crippen molar-refractivity contribution in [1.82, 2.24) is 0 Å². The van der Waals surface area contributed by atoms with Gasteiger partial charge < -0.3 is 0 Å². The summed E-state index contributed by atoms with van der Waals surface area (Å²) in [5.74, 6) is 0. The van der Waals surface area contributed by atoms with Crippen LogP contribution in [0.15, 0.2) is 0 Å². The molecule has 0 amide bonds. The molecule has 0 unspecified atom stereocenters. The van der Waals surface area contributed by atoms with E-state index in [1.165, 1.54) is 0 Å². The van der Waals surface area contributed by atoms with Gasteiger partial charge in [-0.2, -0.15) is 8.42 Å². The van der Waals surface area contributed by atoms with E-state index in [2.05, 4.69) is 4.18 Å². The molecule has 42 valence electrons. The Morgan fingerprint density at radius 3 is 2.00 bits per heavy atom. The lowest BCUT2D eigenvalue weighted by Gasteiger charge is -1.82. The molecule has 0 saturated carbocycles. The number of rotatable bonds is 2. The largest absolute Gasteiger partial charge is 0.327 e. The van der Waals surface area contributed by atoms with Crippen LogP contribution in [-0.2, 0) is 19.1 Å². The molecule has 0 aromatic carbocycles. The van der Waals surface area contributed by atoms with Crippen LogP contribution in [0.25, 0.3) is 0 Å². The van der Waals surface area contributed by atoms with Gasteiger partial charge in [0.05, 0.1) is 7.11 Å². The third-order valence-corrected chi connectivity index (χ3v) is 1.05. The summed E-state index contributed by atoms with van der Waals surface area (Å²) in [6, 6.07) is 0. The first-order valence-corrected chi connectivity index (χ1v) is 2.85. The van der Waals surface area contributed by atoms with Crippen molar-refractivity contribution >= 4 is 15.7 Å². The van der Waals surface area contributed by atoms with Crippen molar-refractivity contribution in [3.63, 3.8) is 0 Å². The zero-order chi connectivity index (χ0) is 5.91. The third-order valence-electron chi connectivity index (χ3n) is 0.350. The Hall–Kier alpha value is -0.420. The summed E-state index contributed by atoms with van der Waals surface area (Å²) in [5.41, 5.74) is -0.257. The summed E-state index contributed by atoms with van der Waals surface area (Å²) in [5, 5.41) is 0. The third kappa shape index (κ3) is 2.30. The number of hydrogen-bond acceptors (Lipinski definition) is 4. The van der Waals surface area contributed by atoms with Crippen molar-refractivity contribution in [2.75, 3.05) is 7.11 Å². The highest BCUT2D eigenvalue weighted by atomic mass is 32.2. The van der Waals surface area contributed by atoms with Gasteiger partial charge >= 0.3 is 10.1 Å². The van der Waals surface area contributed by atoms with E-state index in [4.69, 9.17) is 0 Å². The Kier molecular flexibility index (Phi) is 1.91. The molecule has 0 bridgehead atoms. The van der Waals surface area contributed by atoms with Crippen LogP contribution < -0.4 is 0 Å². The molecule has 0 rings (SSSR count). The van der Waals surface area contributed by atoms with Crippen LogP contribution in [0.2, 0.25) is 0 Å². The summed E-state index contributed by atoms with van der Waals surface area (Å²) in [7, 11) is -2.92. The summed E-state index contributed by atoms with van der Waals surface area (Å²) >= 11 is 0. The van der Waals surface area contributed by atoms with Gasteiger partial charge in [0.15, 0.2) is 0 Å². The van der Waals surface area contributed by atoms with E-state index in [1.807, 2.05) is 0 Å². The lowest BCUT2D eigenvalue weighted by molar-refractivity contribution is 0.405. The molecule has 5 heteroatoms. The number of carbonyl (C=O) groups is 1. The Bertz CT molecular complexity index is 143. The van der Waals surface area contributed by atoms with E-state index >= 15 is 0 Å². The SMILES string of the molecule is COS(=O)(=O)C=O. The monoisotopic (exact) mass is 124 g/mol. The standard InChI is InChI=1S/C2H4O4S/c1-6-7(4,5)2-3/h2H,1H3. The van der Waals surface area contributed by atoms with Gasteiger partial charge in [0.2, 0.25) is 0 Å². The van der Waals surface area contributed by atoms with Crippen LogP contribution >= 0.6 is 0 Å². The second-order valence-corrected chi connectivity index (χ2v) is 2.27. The molecule has 0 saturated heterocycles. The maximum Gasteiger partial charge on any atom is 0.327 e. The van der Waals surface area contributed by atoms with Gasteiger partial charge in [-0.3, -0.25) is 8.98 Å². The van der Waals surface area contributed by atoms with Crippen molar-refractivity contribution in [2.45, 2.75) is 0 Å². The first-order chi connectivity index (χ1) is 3.12. The minimum absolute atomic E-state index is 0.257. The lowest BCUT2D eigenvalue weighted by Crippen LogP contribution is -2.01. The van der Waals surface area contributed by atoms with Gasteiger partial charge in [0, 0.05) is 0 Å². The first-order valence-electron chi connectivity index (χ1n) is 1.38. The number of carbonyl (C=O) groups excluding carboxylic acids is 1. The van der Waals surface area contributed by atoms with Crippen LogP contribution in [0.5, 0.6) is 0 Å². The predicted octanol–water partition coefficient (Wildman–Crippen LogP) is -0.847. The molecule has 0 aromatic rings. The molecule has 0 radical (unpaired) electrons. The molecular weight excluding hydrogens is 120 g/mol. The smallest absolute Gasteiger partial charge is 0.283 e. The Labute approximate surface area is 41.2 Å². The Morgan fingerprint density at radius 2 is 2.00 bits per heavy atom. The van der Waals surface area contributed by atoms with E-state index < -0.39 is 10.1 Å². The van der Waals surface area contributed by atoms with Gasteiger partial charge in [0.25, 0.3) is 5.62 Å². The molecule has 0 aliphatic carbocycles. The van der Waals surface area contributed by atoms with Crippen LogP contribution in [0.1, 0.15) is 0 Å². The normalized spacial score (nSPS) is 11.0. The molecular formula is C2H4O4S. The highest BCUT2D eigenvalue weighted by Crippen LogP contribution is 1.78. The molecule has 4 nitrogen and oxygen atoms in total. The maximum atomic E-state index is 9.78. The minimum atomic E-state index is -3.84. The second kappa shape index (κ2) is 2.04. The zero-order valence-corrected chi connectivity index (χ0v) is 4.44. The lowest BCUT2D eigenvalue weighted by atomic mass is 11.8. The zero-order valence-electron chi connectivity index (χ0n) is 3.62. The summed E-state index contributed by atoms with van der Waals surface area (Å²) in [6.07, 6.45) is 0. The molecule has 7 heavy (non-hydrogen) atoms. The van der Waals surface area contributed by atoms with Crippen molar-refractivity contribution in [2.24, 2.45) is 0 Å². The predicted molar refractivity (Wildman–Crippen MR) is 22.7 cm³/mol. The van der Waals surface area contributed by atoms with Crippen LogP contribution in [0.4, 0.5) is 0 Å². The van der Waals surface area contributed by atoms with Crippen LogP contribution in [0, 0.1) is 0 Å². The van der Waals surface area contributed by atoms with Gasteiger partial charge in [-0.1, -0.05) is 0 Å². The van der Waals surface area contributed by atoms with E-state index in [9.17, 15) is 13.2 Å². The number of hydrogen-bond donors (Lipinski definition) is 0. The summed E-state index contributed by atoms with van der Waals surface area (Å²) < 4.78 is 23.2. The fraction of sp³-hybridized carbons (Fsp3) is 0.500. The van der Waals surface area contributed by atoms with Crippen molar-refractivity contribution in [1.29, 1.82) is 0 Å². The molecule has 0 N–H and O–H groups in total. The van der Waals surface area contributed by atoms with Crippen molar-refractivity contribution in [3.05, 3.63) is 0 Å². The average Bonchev–Trinajstić information content (AvgIpc) is 1.68. The highest BCUT2D eigenvalue weighted by molar-refractivity contribution is 8.00. The summed E-state index contributed by atoms with van der Waals surface area (Å²) in [4.78, 5) is 9.34. The molecule has 0 atom stereocenters. The van der Waals surface area contributed by atoms with Gasteiger partial charge in [-0.15, -0.1) is 0 Å².